The Morgan fingerprint density at radius 1 is 0.931 bits per heavy atom. The number of benzene rings is 3. The Labute approximate surface area is 169 Å². The predicted molar refractivity (Wildman–Crippen MR) is 110 cm³/mol. The molecule has 3 rings (SSSR count). The minimum atomic E-state index is -0.893. The largest absolute Gasteiger partial charge is 0.467 e. The number of carbonyl (C=O) groups is 2. The summed E-state index contributed by atoms with van der Waals surface area (Å²) in [5.41, 5.74) is 3.62. The van der Waals surface area contributed by atoms with Gasteiger partial charge in [-0.1, -0.05) is 60.7 Å². The van der Waals surface area contributed by atoms with Crippen molar-refractivity contribution < 1.29 is 14.3 Å². The normalized spacial score (nSPS) is 11.2. The van der Waals surface area contributed by atoms with E-state index in [4.69, 9.17) is 4.74 Å². The lowest BCUT2D eigenvalue weighted by Gasteiger charge is -2.17. The number of amides is 1. The first-order chi connectivity index (χ1) is 14.1. The lowest BCUT2D eigenvalue weighted by molar-refractivity contribution is -0.142. The van der Waals surface area contributed by atoms with Gasteiger partial charge in [-0.25, -0.2) is 4.79 Å². The van der Waals surface area contributed by atoms with Gasteiger partial charge >= 0.3 is 5.97 Å². The molecule has 5 heteroatoms. The van der Waals surface area contributed by atoms with Crippen LogP contribution in [0.3, 0.4) is 0 Å². The van der Waals surface area contributed by atoms with E-state index in [-0.39, 0.29) is 12.3 Å². The van der Waals surface area contributed by atoms with Gasteiger partial charge in [-0.3, -0.25) is 4.79 Å². The first kappa shape index (κ1) is 19.8. The van der Waals surface area contributed by atoms with E-state index in [1.165, 1.54) is 7.11 Å². The molecule has 0 aliphatic heterocycles. The highest BCUT2D eigenvalue weighted by molar-refractivity contribution is 5.97. The van der Waals surface area contributed by atoms with Gasteiger partial charge in [0.2, 0.25) is 0 Å². The third-order valence-corrected chi connectivity index (χ3v) is 4.61. The van der Waals surface area contributed by atoms with Gasteiger partial charge in [-0.05, 0) is 34.9 Å². The maximum Gasteiger partial charge on any atom is 0.328 e. The number of hydrogen-bond donors (Lipinski definition) is 1. The molecule has 0 radical (unpaired) electrons. The molecule has 3 aromatic carbocycles. The SMILES string of the molecule is COC(=O)[C@@H](Cc1ccccc1C#N)NC(=O)c1ccc(-c2ccccc2)cc1. The van der Waals surface area contributed by atoms with Crippen LogP contribution < -0.4 is 5.32 Å². The fraction of sp³-hybridized carbons (Fsp3) is 0.125. The molecular formula is C24H20N2O3. The molecule has 5 nitrogen and oxygen atoms in total. The molecule has 3 aromatic rings. The molecular weight excluding hydrogens is 364 g/mol. The number of nitriles is 1. The van der Waals surface area contributed by atoms with Gasteiger partial charge in [0, 0.05) is 12.0 Å². The van der Waals surface area contributed by atoms with Gasteiger partial charge in [0.25, 0.3) is 5.91 Å². The first-order valence-corrected chi connectivity index (χ1v) is 9.14. The van der Waals surface area contributed by atoms with Crippen molar-refractivity contribution in [1.29, 1.82) is 5.26 Å². The number of nitrogens with one attached hydrogen (secondary N) is 1. The minimum Gasteiger partial charge on any atom is -0.467 e. The average molecular weight is 384 g/mol. The molecule has 1 N–H and O–H groups in total. The molecule has 0 aromatic heterocycles. The zero-order valence-corrected chi connectivity index (χ0v) is 16.0. The Balaban J connectivity index is 1.76. The molecule has 0 fully saturated rings. The Hall–Kier alpha value is -3.91. The van der Waals surface area contributed by atoms with Gasteiger partial charge in [0.1, 0.15) is 6.04 Å². The van der Waals surface area contributed by atoms with E-state index in [0.29, 0.717) is 16.7 Å². The van der Waals surface area contributed by atoms with E-state index in [0.717, 1.165) is 11.1 Å². The molecule has 0 spiro atoms. The monoisotopic (exact) mass is 384 g/mol. The van der Waals surface area contributed by atoms with Crippen LogP contribution in [0.4, 0.5) is 0 Å². The van der Waals surface area contributed by atoms with E-state index >= 15 is 0 Å². The summed E-state index contributed by atoms with van der Waals surface area (Å²) >= 11 is 0. The molecule has 0 unspecified atom stereocenters. The molecule has 0 saturated heterocycles. The first-order valence-electron chi connectivity index (χ1n) is 9.14. The van der Waals surface area contributed by atoms with Crippen LogP contribution >= 0.6 is 0 Å². The van der Waals surface area contributed by atoms with Crippen molar-refractivity contribution in [1.82, 2.24) is 5.32 Å². The van der Waals surface area contributed by atoms with Gasteiger partial charge in [-0.15, -0.1) is 0 Å². The summed E-state index contributed by atoms with van der Waals surface area (Å²) in [7, 11) is 1.27. The summed E-state index contributed by atoms with van der Waals surface area (Å²) in [6.45, 7) is 0. The molecule has 29 heavy (non-hydrogen) atoms. The maximum atomic E-state index is 12.7. The molecule has 1 amide bonds. The standard InChI is InChI=1S/C24H20N2O3/c1-29-24(28)22(15-20-9-5-6-10-21(20)16-25)26-23(27)19-13-11-18(12-14-19)17-7-3-2-4-8-17/h2-14,22H,15H2,1H3,(H,26,27)/t22-/m1/s1. The number of nitrogens with zero attached hydrogens (tertiary/aromatic N) is 1. The fourth-order valence-electron chi connectivity index (χ4n) is 3.05. The zero-order chi connectivity index (χ0) is 20.6. The molecule has 0 heterocycles. The van der Waals surface area contributed by atoms with Crippen LogP contribution in [-0.4, -0.2) is 25.0 Å². The lowest BCUT2D eigenvalue weighted by atomic mass is 10.00. The van der Waals surface area contributed by atoms with Crippen LogP contribution in [0.5, 0.6) is 0 Å². The third-order valence-electron chi connectivity index (χ3n) is 4.61. The number of hydrogen-bond acceptors (Lipinski definition) is 4. The molecule has 0 bridgehead atoms. The summed E-state index contributed by atoms with van der Waals surface area (Å²) in [4.78, 5) is 24.9. The van der Waals surface area contributed by atoms with Crippen molar-refractivity contribution in [2.24, 2.45) is 0 Å². The smallest absolute Gasteiger partial charge is 0.328 e. The number of carbonyl (C=O) groups excluding carboxylic acids is 2. The lowest BCUT2D eigenvalue weighted by Crippen LogP contribution is -2.43. The molecule has 0 aliphatic carbocycles. The number of esters is 1. The van der Waals surface area contributed by atoms with Crippen molar-refractivity contribution in [3.8, 4) is 17.2 Å². The maximum absolute atomic E-state index is 12.7. The van der Waals surface area contributed by atoms with Gasteiger partial charge in [0.15, 0.2) is 0 Å². The Morgan fingerprint density at radius 2 is 1.55 bits per heavy atom. The molecule has 144 valence electrons. The highest BCUT2D eigenvalue weighted by Gasteiger charge is 2.23. The van der Waals surface area contributed by atoms with Crippen LogP contribution in [0, 0.1) is 11.3 Å². The zero-order valence-electron chi connectivity index (χ0n) is 16.0. The van der Waals surface area contributed by atoms with Gasteiger partial charge in [0.05, 0.1) is 18.7 Å². The van der Waals surface area contributed by atoms with Crippen LogP contribution in [0.25, 0.3) is 11.1 Å². The highest BCUT2D eigenvalue weighted by atomic mass is 16.5. The van der Waals surface area contributed by atoms with Gasteiger partial charge < -0.3 is 10.1 Å². The number of rotatable bonds is 6. The van der Waals surface area contributed by atoms with Crippen molar-refractivity contribution >= 4 is 11.9 Å². The third kappa shape index (κ3) is 4.88. The van der Waals surface area contributed by atoms with Crippen LogP contribution in [0.15, 0.2) is 78.9 Å². The second-order valence-electron chi connectivity index (χ2n) is 6.47. The van der Waals surface area contributed by atoms with Crippen LogP contribution in [0.2, 0.25) is 0 Å². The topological polar surface area (TPSA) is 79.2 Å². The summed E-state index contributed by atoms with van der Waals surface area (Å²) in [6.07, 6.45) is 0.171. The van der Waals surface area contributed by atoms with Crippen molar-refractivity contribution in [3.63, 3.8) is 0 Å². The average Bonchev–Trinajstić information content (AvgIpc) is 2.79. The highest BCUT2D eigenvalue weighted by Crippen LogP contribution is 2.19. The molecule has 0 saturated carbocycles. The van der Waals surface area contributed by atoms with Gasteiger partial charge in [-0.2, -0.15) is 5.26 Å². The van der Waals surface area contributed by atoms with Crippen molar-refractivity contribution in [2.75, 3.05) is 7.11 Å². The predicted octanol–water partition coefficient (Wildman–Crippen LogP) is 3.74. The van der Waals surface area contributed by atoms with Crippen molar-refractivity contribution in [3.05, 3.63) is 95.6 Å². The Kier molecular flexibility index (Phi) is 6.39. The second-order valence-corrected chi connectivity index (χ2v) is 6.47. The summed E-state index contributed by atoms with van der Waals surface area (Å²) in [6, 6.07) is 25.2. The van der Waals surface area contributed by atoms with Crippen LogP contribution in [-0.2, 0) is 16.0 Å². The minimum absolute atomic E-state index is 0.171. The summed E-state index contributed by atoms with van der Waals surface area (Å²) in [5, 5.41) is 12.0. The van der Waals surface area contributed by atoms with E-state index in [2.05, 4.69) is 11.4 Å². The van der Waals surface area contributed by atoms with Crippen LogP contribution in [0.1, 0.15) is 21.5 Å². The Bertz CT molecular complexity index is 1040. The quantitative estimate of drug-likeness (QED) is 0.657. The van der Waals surface area contributed by atoms with E-state index in [9.17, 15) is 14.9 Å². The van der Waals surface area contributed by atoms with E-state index in [1.807, 2.05) is 42.5 Å². The Morgan fingerprint density at radius 3 is 2.21 bits per heavy atom. The van der Waals surface area contributed by atoms with E-state index in [1.54, 1.807) is 36.4 Å². The summed E-state index contributed by atoms with van der Waals surface area (Å²) < 4.78 is 4.84. The number of ether oxygens (including phenoxy) is 1. The van der Waals surface area contributed by atoms with E-state index < -0.39 is 12.0 Å². The second kappa shape index (κ2) is 9.34. The molecule has 1 atom stereocenters. The number of methoxy groups -OCH3 is 1. The summed E-state index contributed by atoms with van der Waals surface area (Å²) in [5.74, 6) is -0.943. The fourth-order valence-corrected chi connectivity index (χ4v) is 3.05. The molecule has 0 aliphatic rings. The van der Waals surface area contributed by atoms with Crippen molar-refractivity contribution in [2.45, 2.75) is 12.5 Å².